The summed E-state index contributed by atoms with van der Waals surface area (Å²) in [7, 11) is 0. The summed E-state index contributed by atoms with van der Waals surface area (Å²) in [4.78, 5) is 14.9. The lowest BCUT2D eigenvalue weighted by molar-refractivity contribution is -0.144. The number of ether oxygens (including phenoxy) is 1. The molecule has 3 aliphatic rings. The first kappa shape index (κ1) is 13.4. The molecule has 0 N–H and O–H groups in total. The Morgan fingerprint density at radius 1 is 1.05 bits per heavy atom. The zero-order valence-electron chi connectivity index (χ0n) is 12.1. The van der Waals surface area contributed by atoms with Crippen LogP contribution >= 0.6 is 0 Å². The SMILES string of the molecule is CCO[C@H]1[C@@H]2CCCC[C@@H]2C(=O)N1C1CCCCC1. The van der Waals surface area contributed by atoms with E-state index in [0.717, 1.165) is 13.0 Å². The molecule has 108 valence electrons. The summed E-state index contributed by atoms with van der Waals surface area (Å²) in [6.07, 6.45) is 11.1. The van der Waals surface area contributed by atoms with Crippen molar-refractivity contribution < 1.29 is 9.53 Å². The van der Waals surface area contributed by atoms with E-state index in [1.807, 2.05) is 0 Å². The molecule has 0 aromatic heterocycles. The second-order valence-electron chi connectivity index (χ2n) is 6.44. The summed E-state index contributed by atoms with van der Waals surface area (Å²) >= 11 is 0. The van der Waals surface area contributed by atoms with Gasteiger partial charge in [-0.25, -0.2) is 0 Å². The molecule has 3 nitrogen and oxygen atoms in total. The third-order valence-electron chi connectivity index (χ3n) is 5.34. The Kier molecular flexibility index (Phi) is 4.11. The molecule has 0 bridgehead atoms. The van der Waals surface area contributed by atoms with Crippen LogP contribution in [0, 0.1) is 11.8 Å². The van der Waals surface area contributed by atoms with Crippen LogP contribution in [0.2, 0.25) is 0 Å². The van der Waals surface area contributed by atoms with E-state index in [1.54, 1.807) is 0 Å². The first-order valence-corrected chi connectivity index (χ1v) is 8.26. The van der Waals surface area contributed by atoms with Crippen LogP contribution in [0.25, 0.3) is 0 Å². The third kappa shape index (κ3) is 2.42. The summed E-state index contributed by atoms with van der Waals surface area (Å²) in [5.74, 6) is 1.16. The van der Waals surface area contributed by atoms with Crippen LogP contribution in [0.3, 0.4) is 0 Å². The fourth-order valence-corrected chi connectivity index (χ4v) is 4.45. The standard InChI is InChI=1S/C16H27NO2/c1-2-19-16-14-11-7-6-10-13(14)15(18)17(16)12-8-4-3-5-9-12/h12-14,16H,2-11H2,1H3/t13-,14+,16-/m0/s1. The smallest absolute Gasteiger partial charge is 0.228 e. The number of hydrogen-bond donors (Lipinski definition) is 0. The summed E-state index contributed by atoms with van der Waals surface area (Å²) in [6.45, 7) is 2.78. The van der Waals surface area contributed by atoms with Crippen LogP contribution in [0.15, 0.2) is 0 Å². The van der Waals surface area contributed by atoms with Gasteiger partial charge in [-0.2, -0.15) is 0 Å². The molecule has 1 heterocycles. The van der Waals surface area contributed by atoms with Crippen molar-refractivity contribution in [2.45, 2.75) is 77.0 Å². The van der Waals surface area contributed by atoms with Crippen molar-refractivity contribution in [2.75, 3.05) is 6.61 Å². The fourth-order valence-electron chi connectivity index (χ4n) is 4.45. The van der Waals surface area contributed by atoms with Gasteiger partial charge in [0.05, 0.1) is 0 Å². The Balaban J connectivity index is 1.80. The van der Waals surface area contributed by atoms with Gasteiger partial charge in [0.25, 0.3) is 0 Å². The Hall–Kier alpha value is -0.570. The van der Waals surface area contributed by atoms with Gasteiger partial charge in [-0.05, 0) is 32.6 Å². The van der Waals surface area contributed by atoms with E-state index in [4.69, 9.17) is 4.74 Å². The molecule has 0 aromatic carbocycles. The number of likely N-dealkylation sites (tertiary alicyclic amines) is 1. The number of amides is 1. The van der Waals surface area contributed by atoms with Crippen LogP contribution in [-0.2, 0) is 9.53 Å². The van der Waals surface area contributed by atoms with Gasteiger partial charge in [-0.1, -0.05) is 32.1 Å². The molecule has 0 aromatic rings. The molecule has 0 spiro atoms. The first-order valence-electron chi connectivity index (χ1n) is 8.26. The van der Waals surface area contributed by atoms with Gasteiger partial charge >= 0.3 is 0 Å². The molecule has 19 heavy (non-hydrogen) atoms. The minimum Gasteiger partial charge on any atom is -0.358 e. The van der Waals surface area contributed by atoms with E-state index in [2.05, 4.69) is 11.8 Å². The Bertz CT molecular complexity index is 325. The third-order valence-corrected chi connectivity index (χ3v) is 5.34. The molecule has 3 atom stereocenters. The lowest BCUT2D eigenvalue weighted by Crippen LogP contribution is -2.45. The van der Waals surface area contributed by atoms with Crippen molar-refractivity contribution in [3.8, 4) is 0 Å². The van der Waals surface area contributed by atoms with Crippen molar-refractivity contribution in [1.29, 1.82) is 0 Å². The zero-order valence-corrected chi connectivity index (χ0v) is 12.1. The maximum Gasteiger partial charge on any atom is 0.228 e. The van der Waals surface area contributed by atoms with Gasteiger partial charge in [-0.15, -0.1) is 0 Å². The highest BCUT2D eigenvalue weighted by molar-refractivity contribution is 5.82. The van der Waals surface area contributed by atoms with E-state index < -0.39 is 0 Å². The van der Waals surface area contributed by atoms with Crippen molar-refractivity contribution in [1.82, 2.24) is 4.90 Å². The molecule has 0 radical (unpaired) electrons. The van der Waals surface area contributed by atoms with E-state index >= 15 is 0 Å². The molecular formula is C16H27NO2. The minimum absolute atomic E-state index is 0.0888. The normalized spacial score (nSPS) is 36.6. The molecule has 0 unspecified atom stereocenters. The number of rotatable bonds is 3. The average Bonchev–Trinajstić information content (AvgIpc) is 2.74. The van der Waals surface area contributed by atoms with E-state index in [0.29, 0.717) is 17.9 Å². The van der Waals surface area contributed by atoms with Crippen molar-refractivity contribution in [3.63, 3.8) is 0 Å². The van der Waals surface area contributed by atoms with Gasteiger partial charge in [0.2, 0.25) is 5.91 Å². The monoisotopic (exact) mass is 265 g/mol. The summed E-state index contributed by atoms with van der Waals surface area (Å²) < 4.78 is 6.01. The summed E-state index contributed by atoms with van der Waals surface area (Å²) in [6, 6.07) is 0.461. The van der Waals surface area contributed by atoms with E-state index in [9.17, 15) is 4.79 Å². The van der Waals surface area contributed by atoms with E-state index in [1.165, 1.54) is 51.4 Å². The number of hydrogen-bond acceptors (Lipinski definition) is 2. The molecule has 1 saturated heterocycles. The van der Waals surface area contributed by atoms with Gasteiger partial charge in [-0.3, -0.25) is 4.79 Å². The van der Waals surface area contributed by atoms with Gasteiger partial charge in [0.1, 0.15) is 6.23 Å². The maximum atomic E-state index is 12.8. The largest absolute Gasteiger partial charge is 0.358 e. The molecule has 3 heteroatoms. The number of carbonyl (C=O) groups is 1. The van der Waals surface area contributed by atoms with Crippen molar-refractivity contribution in [2.24, 2.45) is 11.8 Å². The highest BCUT2D eigenvalue weighted by Gasteiger charge is 2.51. The Labute approximate surface area is 116 Å². The van der Waals surface area contributed by atoms with Crippen LogP contribution in [-0.4, -0.2) is 29.7 Å². The fraction of sp³-hybridized carbons (Fsp3) is 0.938. The topological polar surface area (TPSA) is 29.5 Å². The second kappa shape index (κ2) is 5.82. The second-order valence-corrected chi connectivity index (χ2v) is 6.44. The quantitative estimate of drug-likeness (QED) is 0.783. The maximum absolute atomic E-state index is 12.8. The molecule has 1 aliphatic heterocycles. The van der Waals surface area contributed by atoms with Crippen LogP contribution in [0.5, 0.6) is 0 Å². The highest BCUT2D eigenvalue weighted by Crippen LogP contribution is 2.44. The first-order chi connectivity index (χ1) is 9.33. The average molecular weight is 265 g/mol. The lowest BCUT2D eigenvalue weighted by atomic mass is 9.81. The van der Waals surface area contributed by atoms with Crippen molar-refractivity contribution in [3.05, 3.63) is 0 Å². The summed E-state index contributed by atoms with van der Waals surface area (Å²) in [5.41, 5.74) is 0. The number of nitrogens with zero attached hydrogens (tertiary/aromatic N) is 1. The molecule has 2 saturated carbocycles. The van der Waals surface area contributed by atoms with Gasteiger partial charge in [0.15, 0.2) is 0 Å². The predicted octanol–water partition coefficient (Wildman–Crippen LogP) is 3.33. The molecule has 3 rings (SSSR count). The van der Waals surface area contributed by atoms with Crippen LogP contribution in [0.1, 0.15) is 64.7 Å². The lowest BCUT2D eigenvalue weighted by Gasteiger charge is -2.36. The van der Waals surface area contributed by atoms with Crippen molar-refractivity contribution >= 4 is 5.91 Å². The zero-order chi connectivity index (χ0) is 13.2. The Morgan fingerprint density at radius 2 is 1.74 bits per heavy atom. The van der Waals surface area contributed by atoms with Gasteiger partial charge in [0, 0.05) is 24.5 Å². The van der Waals surface area contributed by atoms with E-state index in [-0.39, 0.29) is 12.1 Å². The number of fused-ring (bicyclic) bond motifs is 1. The van der Waals surface area contributed by atoms with Crippen LogP contribution < -0.4 is 0 Å². The van der Waals surface area contributed by atoms with Crippen LogP contribution in [0.4, 0.5) is 0 Å². The highest BCUT2D eigenvalue weighted by atomic mass is 16.5. The summed E-state index contributed by atoms with van der Waals surface area (Å²) in [5, 5.41) is 0. The van der Waals surface area contributed by atoms with Gasteiger partial charge < -0.3 is 9.64 Å². The Morgan fingerprint density at radius 3 is 2.47 bits per heavy atom. The molecule has 2 aliphatic carbocycles. The molecule has 1 amide bonds. The predicted molar refractivity (Wildman–Crippen MR) is 74.6 cm³/mol. The molecule has 3 fully saturated rings. The molecular weight excluding hydrogens is 238 g/mol. The minimum atomic E-state index is 0.0888. The number of carbonyl (C=O) groups excluding carboxylic acids is 1.